The molecule has 19 heavy (non-hydrogen) atoms. The lowest BCUT2D eigenvalue weighted by Crippen LogP contribution is -2.08. The summed E-state index contributed by atoms with van der Waals surface area (Å²) in [7, 11) is 0. The fraction of sp³-hybridized carbons (Fsp3) is 0.0769. The van der Waals surface area contributed by atoms with Crippen molar-refractivity contribution in [1.82, 2.24) is 0 Å². The van der Waals surface area contributed by atoms with Gasteiger partial charge in [0.1, 0.15) is 11.6 Å². The minimum absolute atomic E-state index is 0.117. The Hall–Kier alpha value is -1.75. The van der Waals surface area contributed by atoms with Crippen LogP contribution < -0.4 is 0 Å². The minimum Gasteiger partial charge on any atom is -0.508 e. The van der Waals surface area contributed by atoms with Gasteiger partial charge in [-0.2, -0.15) is 13.2 Å². The van der Waals surface area contributed by atoms with E-state index in [2.05, 4.69) is 0 Å². The number of hydrogen-bond acceptors (Lipinski definition) is 1. The summed E-state index contributed by atoms with van der Waals surface area (Å²) in [6.45, 7) is 0. The average Bonchev–Trinajstić information content (AvgIpc) is 2.26. The maximum atomic E-state index is 13.1. The fourth-order valence-corrected chi connectivity index (χ4v) is 1.89. The molecule has 0 amide bonds. The van der Waals surface area contributed by atoms with Crippen LogP contribution in [-0.4, -0.2) is 5.11 Å². The summed E-state index contributed by atoms with van der Waals surface area (Å²) in [6, 6.07) is 6.49. The molecule has 2 aromatic rings. The smallest absolute Gasteiger partial charge is 0.419 e. The van der Waals surface area contributed by atoms with Crippen LogP contribution in [0, 0.1) is 5.82 Å². The second-order valence-corrected chi connectivity index (χ2v) is 4.33. The van der Waals surface area contributed by atoms with Crippen LogP contribution in [0.1, 0.15) is 5.56 Å². The van der Waals surface area contributed by atoms with E-state index in [-0.39, 0.29) is 21.9 Å². The lowest BCUT2D eigenvalue weighted by Gasteiger charge is -2.10. The van der Waals surface area contributed by atoms with E-state index in [1.165, 1.54) is 24.3 Å². The molecular formula is C13H7ClF4O. The number of phenolic OH excluding ortho intramolecular Hbond substituents is 1. The van der Waals surface area contributed by atoms with Crippen LogP contribution >= 0.6 is 11.6 Å². The lowest BCUT2D eigenvalue weighted by atomic mass is 10.0. The van der Waals surface area contributed by atoms with Gasteiger partial charge in [-0.25, -0.2) is 4.39 Å². The Bertz CT molecular complexity index is 602. The second-order valence-electron chi connectivity index (χ2n) is 3.89. The van der Waals surface area contributed by atoms with Crippen LogP contribution in [0.15, 0.2) is 36.4 Å². The molecule has 2 aromatic carbocycles. The van der Waals surface area contributed by atoms with Gasteiger partial charge >= 0.3 is 6.18 Å². The summed E-state index contributed by atoms with van der Waals surface area (Å²) < 4.78 is 50.9. The van der Waals surface area contributed by atoms with Gasteiger partial charge in [-0.15, -0.1) is 0 Å². The number of benzene rings is 2. The van der Waals surface area contributed by atoms with Gasteiger partial charge in [0.2, 0.25) is 0 Å². The molecule has 0 heterocycles. The highest BCUT2D eigenvalue weighted by molar-refractivity contribution is 6.31. The zero-order valence-electron chi connectivity index (χ0n) is 9.30. The Morgan fingerprint density at radius 1 is 0.947 bits per heavy atom. The Morgan fingerprint density at radius 2 is 1.63 bits per heavy atom. The molecule has 100 valence electrons. The summed E-state index contributed by atoms with van der Waals surface area (Å²) in [4.78, 5) is 0. The molecule has 0 atom stereocenters. The molecule has 0 aliphatic heterocycles. The standard InChI is InChI=1S/C13H7ClF4O/c14-9-3-8(4-10(19)6-9)7-1-2-12(15)11(5-7)13(16,17)18/h1-6,19H. The zero-order valence-corrected chi connectivity index (χ0v) is 10.1. The molecule has 0 saturated heterocycles. The van der Waals surface area contributed by atoms with Gasteiger partial charge in [0, 0.05) is 5.02 Å². The third kappa shape index (κ3) is 2.98. The van der Waals surface area contributed by atoms with Crippen LogP contribution in [0.3, 0.4) is 0 Å². The molecule has 0 aromatic heterocycles. The molecule has 0 spiro atoms. The zero-order chi connectivity index (χ0) is 14.2. The SMILES string of the molecule is Oc1cc(Cl)cc(-c2ccc(F)c(C(F)(F)F)c2)c1. The van der Waals surface area contributed by atoms with Gasteiger partial charge in [-0.3, -0.25) is 0 Å². The van der Waals surface area contributed by atoms with Crippen molar-refractivity contribution >= 4 is 11.6 Å². The van der Waals surface area contributed by atoms with Gasteiger partial charge < -0.3 is 5.11 Å². The van der Waals surface area contributed by atoms with Crippen LogP contribution in [0.2, 0.25) is 5.02 Å². The van der Waals surface area contributed by atoms with Crippen molar-refractivity contribution < 1.29 is 22.7 Å². The van der Waals surface area contributed by atoms with Crippen molar-refractivity contribution in [2.75, 3.05) is 0 Å². The largest absolute Gasteiger partial charge is 0.508 e. The highest BCUT2D eigenvalue weighted by atomic mass is 35.5. The van der Waals surface area contributed by atoms with Crippen molar-refractivity contribution in [2.45, 2.75) is 6.18 Å². The minimum atomic E-state index is -4.78. The molecule has 1 nitrogen and oxygen atoms in total. The first-order valence-electron chi connectivity index (χ1n) is 5.14. The van der Waals surface area contributed by atoms with E-state index in [0.717, 1.165) is 6.07 Å². The first-order chi connectivity index (χ1) is 8.77. The molecule has 0 aliphatic rings. The first-order valence-corrected chi connectivity index (χ1v) is 5.52. The maximum Gasteiger partial charge on any atom is 0.419 e. The Balaban J connectivity index is 2.58. The molecule has 0 bridgehead atoms. The van der Waals surface area contributed by atoms with Crippen molar-refractivity contribution in [3.05, 3.63) is 52.8 Å². The van der Waals surface area contributed by atoms with E-state index in [1.54, 1.807) is 0 Å². The number of aromatic hydroxyl groups is 1. The first kappa shape index (κ1) is 13.7. The molecular weight excluding hydrogens is 284 g/mol. The third-order valence-electron chi connectivity index (χ3n) is 2.49. The number of rotatable bonds is 1. The molecule has 0 unspecified atom stereocenters. The van der Waals surface area contributed by atoms with Crippen LogP contribution in [-0.2, 0) is 6.18 Å². The quantitative estimate of drug-likeness (QED) is 0.743. The highest BCUT2D eigenvalue weighted by Crippen LogP contribution is 2.35. The monoisotopic (exact) mass is 290 g/mol. The fourth-order valence-electron chi connectivity index (χ4n) is 1.66. The maximum absolute atomic E-state index is 13.1. The van der Waals surface area contributed by atoms with Crippen LogP contribution in [0.25, 0.3) is 11.1 Å². The average molecular weight is 291 g/mol. The van der Waals surface area contributed by atoms with Gasteiger partial charge in [-0.05, 0) is 41.5 Å². The van der Waals surface area contributed by atoms with E-state index < -0.39 is 17.6 Å². The Labute approximate surface area is 111 Å². The van der Waals surface area contributed by atoms with Crippen molar-refractivity contribution in [2.24, 2.45) is 0 Å². The summed E-state index contributed by atoms with van der Waals surface area (Å²) >= 11 is 5.70. The van der Waals surface area contributed by atoms with E-state index >= 15 is 0 Å². The summed E-state index contributed by atoms with van der Waals surface area (Å²) in [5.41, 5.74) is -0.966. The van der Waals surface area contributed by atoms with E-state index in [1.807, 2.05) is 0 Å². The van der Waals surface area contributed by atoms with E-state index in [4.69, 9.17) is 11.6 Å². The molecule has 0 radical (unpaired) electrons. The van der Waals surface area contributed by atoms with Gasteiger partial charge in [0.15, 0.2) is 0 Å². The molecule has 1 N–H and O–H groups in total. The van der Waals surface area contributed by atoms with Crippen molar-refractivity contribution in [3.63, 3.8) is 0 Å². The summed E-state index contributed by atoms with van der Waals surface area (Å²) in [5.74, 6) is -1.53. The van der Waals surface area contributed by atoms with Gasteiger partial charge in [-0.1, -0.05) is 17.7 Å². The molecule has 2 rings (SSSR count). The predicted octanol–water partition coefficient (Wildman–Crippen LogP) is 4.87. The van der Waals surface area contributed by atoms with Crippen molar-refractivity contribution in [3.8, 4) is 16.9 Å². The molecule has 0 saturated carbocycles. The van der Waals surface area contributed by atoms with Crippen LogP contribution in [0.4, 0.5) is 17.6 Å². The number of phenols is 1. The molecule has 0 fully saturated rings. The number of alkyl halides is 3. The Morgan fingerprint density at radius 3 is 2.21 bits per heavy atom. The summed E-state index contributed by atoms with van der Waals surface area (Å²) in [6.07, 6.45) is -4.78. The van der Waals surface area contributed by atoms with Gasteiger partial charge in [0.25, 0.3) is 0 Å². The topological polar surface area (TPSA) is 20.2 Å². The van der Waals surface area contributed by atoms with Gasteiger partial charge in [0.05, 0.1) is 5.56 Å². The third-order valence-corrected chi connectivity index (χ3v) is 2.71. The summed E-state index contributed by atoms with van der Waals surface area (Å²) in [5, 5.41) is 9.53. The molecule has 0 aliphatic carbocycles. The van der Waals surface area contributed by atoms with E-state index in [0.29, 0.717) is 6.07 Å². The lowest BCUT2D eigenvalue weighted by molar-refractivity contribution is -0.139. The normalized spacial score (nSPS) is 11.6. The highest BCUT2D eigenvalue weighted by Gasteiger charge is 2.34. The van der Waals surface area contributed by atoms with Crippen LogP contribution in [0.5, 0.6) is 5.75 Å². The molecule has 6 heteroatoms. The number of halogens is 5. The number of hydrogen-bond donors (Lipinski definition) is 1. The van der Waals surface area contributed by atoms with E-state index in [9.17, 15) is 22.7 Å². The predicted molar refractivity (Wildman–Crippen MR) is 63.5 cm³/mol. The Kier molecular flexibility index (Phi) is 3.41. The van der Waals surface area contributed by atoms with Crippen molar-refractivity contribution in [1.29, 1.82) is 0 Å². The second kappa shape index (κ2) is 4.74.